The molecule has 0 bridgehead atoms. The normalized spacial score (nSPS) is 10.8. The molecule has 0 unspecified atom stereocenters. The minimum absolute atomic E-state index is 0.125. The van der Waals surface area contributed by atoms with Crippen LogP contribution in [0.25, 0.3) is 0 Å². The molecule has 0 amide bonds. The molecule has 0 rings (SSSR count). The molecule has 74 valence electrons. The molecule has 0 saturated carbocycles. The van der Waals surface area contributed by atoms with Crippen LogP contribution in [0.4, 0.5) is 0 Å². The third kappa shape index (κ3) is 4.09. The van der Waals surface area contributed by atoms with E-state index in [2.05, 4.69) is 19.7 Å². The van der Waals surface area contributed by atoms with Crippen LogP contribution in [-0.2, 0) is 4.74 Å². The van der Waals surface area contributed by atoms with E-state index in [1.54, 1.807) is 7.11 Å². The Kier molecular flexibility index (Phi) is 6.25. The van der Waals surface area contributed by atoms with E-state index >= 15 is 0 Å². The molecule has 0 aliphatic carbocycles. The van der Waals surface area contributed by atoms with Gasteiger partial charge in [0, 0.05) is 12.5 Å². The maximum atomic E-state index is 5.22. The highest BCUT2D eigenvalue weighted by Crippen LogP contribution is 2.32. The van der Waals surface area contributed by atoms with Gasteiger partial charge in [-0.25, -0.2) is 0 Å². The van der Waals surface area contributed by atoms with E-state index < -0.39 is 0 Å². The second-order valence-corrected chi connectivity index (χ2v) is 3.41. The van der Waals surface area contributed by atoms with E-state index in [1.165, 1.54) is 0 Å². The first-order valence-corrected chi connectivity index (χ1v) is 4.56. The molecule has 0 radical (unpaired) electrons. The first-order chi connectivity index (χ1) is 6.24. The lowest BCUT2D eigenvalue weighted by Crippen LogP contribution is -2.24. The van der Waals surface area contributed by atoms with Crippen LogP contribution in [0.15, 0.2) is 38.0 Å². The van der Waals surface area contributed by atoms with Crippen molar-refractivity contribution >= 4 is 0 Å². The molecular weight excluding hydrogens is 160 g/mol. The fraction of sp³-hybridized carbons (Fsp3) is 0.500. The maximum absolute atomic E-state index is 5.22. The van der Waals surface area contributed by atoms with Crippen LogP contribution in [-0.4, -0.2) is 13.7 Å². The zero-order valence-electron chi connectivity index (χ0n) is 8.59. The Hall–Kier alpha value is -0.820. The lowest BCUT2D eigenvalue weighted by Gasteiger charge is -2.29. The lowest BCUT2D eigenvalue weighted by atomic mass is 9.79. The van der Waals surface area contributed by atoms with Crippen LogP contribution >= 0.6 is 0 Å². The monoisotopic (exact) mass is 180 g/mol. The number of rotatable bonds is 8. The third-order valence-electron chi connectivity index (χ3n) is 2.18. The van der Waals surface area contributed by atoms with Crippen LogP contribution in [0.5, 0.6) is 0 Å². The average molecular weight is 180 g/mol. The Bertz CT molecular complexity index is 143. The summed E-state index contributed by atoms with van der Waals surface area (Å²) in [6, 6.07) is 0. The van der Waals surface area contributed by atoms with Crippen molar-refractivity contribution in [2.45, 2.75) is 19.3 Å². The zero-order valence-corrected chi connectivity index (χ0v) is 8.59. The zero-order chi connectivity index (χ0) is 10.2. The fourth-order valence-electron chi connectivity index (χ4n) is 1.65. The second-order valence-electron chi connectivity index (χ2n) is 3.41. The maximum Gasteiger partial charge on any atom is 0.0527 e. The van der Waals surface area contributed by atoms with Crippen LogP contribution in [0.3, 0.4) is 0 Å². The van der Waals surface area contributed by atoms with Gasteiger partial charge in [-0.3, -0.25) is 0 Å². The van der Waals surface area contributed by atoms with Gasteiger partial charge in [0.25, 0.3) is 0 Å². The third-order valence-corrected chi connectivity index (χ3v) is 2.18. The van der Waals surface area contributed by atoms with Crippen molar-refractivity contribution < 1.29 is 4.74 Å². The second kappa shape index (κ2) is 6.67. The number of ether oxygens (including phenoxy) is 1. The van der Waals surface area contributed by atoms with Gasteiger partial charge in [0.1, 0.15) is 0 Å². The van der Waals surface area contributed by atoms with E-state index in [-0.39, 0.29) is 5.41 Å². The summed E-state index contributed by atoms with van der Waals surface area (Å²) in [6.45, 7) is 12.0. The summed E-state index contributed by atoms with van der Waals surface area (Å²) in [5.41, 5.74) is 0.125. The number of allylic oxidation sites excluding steroid dienone is 3. The molecule has 0 aliphatic heterocycles. The van der Waals surface area contributed by atoms with Gasteiger partial charge in [0.15, 0.2) is 0 Å². The molecular formula is C12H20O. The average Bonchev–Trinajstić information content (AvgIpc) is 2.06. The lowest BCUT2D eigenvalue weighted by molar-refractivity contribution is 0.0844. The Balaban J connectivity index is 4.44. The highest BCUT2D eigenvalue weighted by molar-refractivity contribution is 4.95. The van der Waals surface area contributed by atoms with Crippen molar-refractivity contribution in [1.82, 2.24) is 0 Å². The Labute approximate surface area is 81.8 Å². The van der Waals surface area contributed by atoms with Crippen LogP contribution in [0, 0.1) is 5.41 Å². The van der Waals surface area contributed by atoms with Crippen molar-refractivity contribution in [3.8, 4) is 0 Å². The Morgan fingerprint density at radius 1 is 1.00 bits per heavy atom. The molecule has 13 heavy (non-hydrogen) atoms. The van der Waals surface area contributed by atoms with Gasteiger partial charge in [0.05, 0.1) is 6.61 Å². The molecule has 0 atom stereocenters. The quantitative estimate of drug-likeness (QED) is 0.520. The van der Waals surface area contributed by atoms with Gasteiger partial charge < -0.3 is 4.74 Å². The highest BCUT2D eigenvalue weighted by Gasteiger charge is 2.25. The number of hydrogen-bond donors (Lipinski definition) is 0. The summed E-state index contributed by atoms with van der Waals surface area (Å²) < 4.78 is 5.22. The molecule has 0 fully saturated rings. The van der Waals surface area contributed by atoms with Crippen molar-refractivity contribution in [2.24, 2.45) is 5.41 Å². The van der Waals surface area contributed by atoms with Gasteiger partial charge >= 0.3 is 0 Å². The van der Waals surface area contributed by atoms with Crippen LogP contribution in [0.2, 0.25) is 0 Å². The molecule has 0 spiro atoms. The van der Waals surface area contributed by atoms with Gasteiger partial charge in [0.2, 0.25) is 0 Å². The van der Waals surface area contributed by atoms with Gasteiger partial charge in [-0.2, -0.15) is 0 Å². The van der Waals surface area contributed by atoms with E-state index in [1.807, 2.05) is 18.2 Å². The minimum Gasteiger partial charge on any atom is -0.384 e. The van der Waals surface area contributed by atoms with Crippen molar-refractivity contribution in [3.63, 3.8) is 0 Å². The first-order valence-electron chi connectivity index (χ1n) is 4.56. The Morgan fingerprint density at radius 3 is 1.62 bits per heavy atom. The smallest absolute Gasteiger partial charge is 0.0527 e. The Morgan fingerprint density at radius 2 is 1.38 bits per heavy atom. The van der Waals surface area contributed by atoms with Crippen LogP contribution in [0.1, 0.15) is 19.3 Å². The van der Waals surface area contributed by atoms with Gasteiger partial charge in [-0.15, -0.1) is 19.7 Å². The predicted octanol–water partition coefficient (Wildman–Crippen LogP) is 3.35. The summed E-state index contributed by atoms with van der Waals surface area (Å²) in [6.07, 6.45) is 8.64. The summed E-state index contributed by atoms with van der Waals surface area (Å²) in [5, 5.41) is 0. The first kappa shape index (κ1) is 12.2. The van der Waals surface area contributed by atoms with Crippen molar-refractivity contribution in [2.75, 3.05) is 13.7 Å². The standard InChI is InChI=1S/C12H20O/c1-5-8-12(9-6-2,10-7-3)11-13-4/h5-7H,1-3,8-11H2,4H3. The molecule has 0 saturated heterocycles. The minimum atomic E-state index is 0.125. The van der Waals surface area contributed by atoms with Crippen LogP contribution < -0.4 is 0 Å². The summed E-state index contributed by atoms with van der Waals surface area (Å²) in [7, 11) is 1.73. The molecule has 1 nitrogen and oxygen atoms in total. The van der Waals surface area contributed by atoms with E-state index in [0.29, 0.717) is 0 Å². The molecule has 0 N–H and O–H groups in total. The van der Waals surface area contributed by atoms with Crippen molar-refractivity contribution in [1.29, 1.82) is 0 Å². The number of methoxy groups -OCH3 is 1. The summed E-state index contributed by atoms with van der Waals surface area (Å²) >= 11 is 0. The fourth-order valence-corrected chi connectivity index (χ4v) is 1.65. The largest absolute Gasteiger partial charge is 0.384 e. The summed E-state index contributed by atoms with van der Waals surface area (Å²) in [4.78, 5) is 0. The van der Waals surface area contributed by atoms with Gasteiger partial charge in [-0.1, -0.05) is 18.2 Å². The molecule has 0 aliphatic rings. The molecule has 0 heterocycles. The molecule has 1 heteroatoms. The topological polar surface area (TPSA) is 9.23 Å². The van der Waals surface area contributed by atoms with E-state index in [0.717, 1.165) is 25.9 Å². The van der Waals surface area contributed by atoms with Crippen molar-refractivity contribution in [3.05, 3.63) is 38.0 Å². The van der Waals surface area contributed by atoms with E-state index in [4.69, 9.17) is 4.74 Å². The molecule has 0 aromatic carbocycles. The molecule has 0 aromatic rings. The SMILES string of the molecule is C=CCC(CC=C)(CC=C)COC. The highest BCUT2D eigenvalue weighted by atomic mass is 16.5. The van der Waals surface area contributed by atoms with Gasteiger partial charge in [-0.05, 0) is 19.3 Å². The molecule has 0 aromatic heterocycles. The van der Waals surface area contributed by atoms with E-state index in [9.17, 15) is 0 Å². The number of hydrogen-bond acceptors (Lipinski definition) is 1. The summed E-state index contributed by atoms with van der Waals surface area (Å²) in [5.74, 6) is 0. The predicted molar refractivity (Wildman–Crippen MR) is 58.8 cm³/mol.